The van der Waals surface area contributed by atoms with Crippen molar-refractivity contribution in [1.29, 1.82) is 0 Å². The number of rotatable bonds is 2. The van der Waals surface area contributed by atoms with E-state index in [-0.39, 0.29) is 0 Å². The minimum absolute atomic E-state index is 0.299. The minimum Gasteiger partial charge on any atom is -0.360 e. The van der Waals surface area contributed by atoms with E-state index in [4.69, 9.17) is 0 Å². The van der Waals surface area contributed by atoms with Gasteiger partial charge in [-0.25, -0.2) is 9.97 Å². The Balaban J connectivity index is 1.70. The van der Waals surface area contributed by atoms with Gasteiger partial charge in [-0.15, -0.1) is 0 Å². The van der Waals surface area contributed by atoms with E-state index in [0.29, 0.717) is 17.7 Å². The van der Waals surface area contributed by atoms with Gasteiger partial charge in [-0.05, 0) is 31.1 Å². The van der Waals surface area contributed by atoms with Crippen LogP contribution in [0.25, 0.3) is 0 Å². The molecule has 6 heteroatoms. The second-order valence-corrected chi connectivity index (χ2v) is 7.15. The molecule has 0 radical (unpaired) electrons. The third-order valence-corrected chi connectivity index (χ3v) is 5.48. The molecule has 1 amide bonds. The second kappa shape index (κ2) is 6.34. The van der Waals surface area contributed by atoms with Crippen LogP contribution in [0.3, 0.4) is 0 Å². The van der Waals surface area contributed by atoms with Crippen molar-refractivity contribution in [2.75, 3.05) is 50.6 Å². The van der Waals surface area contributed by atoms with Crippen LogP contribution < -0.4 is 9.80 Å². The third kappa shape index (κ3) is 3.26. The van der Waals surface area contributed by atoms with E-state index in [0.717, 1.165) is 57.0 Å². The molecule has 2 aliphatic heterocycles. The maximum absolute atomic E-state index is 11.9. The number of hydrogen-bond donors (Lipinski definition) is 0. The van der Waals surface area contributed by atoms with Crippen molar-refractivity contribution in [1.82, 2.24) is 14.9 Å². The summed E-state index contributed by atoms with van der Waals surface area (Å²) < 4.78 is 0. The molecule has 1 spiro atoms. The Labute approximate surface area is 138 Å². The third-order valence-electron chi connectivity index (χ3n) is 5.48. The van der Waals surface area contributed by atoms with E-state index in [9.17, 15) is 4.79 Å². The lowest BCUT2D eigenvalue weighted by atomic mass is 9.73. The van der Waals surface area contributed by atoms with Gasteiger partial charge in [0.2, 0.25) is 5.91 Å². The Morgan fingerprint density at radius 3 is 2.39 bits per heavy atom. The van der Waals surface area contributed by atoms with E-state index in [1.807, 2.05) is 30.9 Å². The van der Waals surface area contributed by atoms with E-state index in [2.05, 4.69) is 14.9 Å². The molecule has 0 aromatic carbocycles. The largest absolute Gasteiger partial charge is 0.360 e. The summed E-state index contributed by atoms with van der Waals surface area (Å²) >= 11 is 0. The maximum atomic E-state index is 11.9. The molecule has 0 unspecified atom stereocenters. The highest BCUT2D eigenvalue weighted by Crippen LogP contribution is 2.42. The molecule has 0 N–H and O–H groups in total. The van der Waals surface area contributed by atoms with Crippen molar-refractivity contribution in [2.24, 2.45) is 5.41 Å². The highest BCUT2D eigenvalue weighted by atomic mass is 16.2. The molecule has 2 saturated heterocycles. The first-order valence-corrected chi connectivity index (χ1v) is 8.48. The highest BCUT2D eigenvalue weighted by molar-refractivity contribution is 5.76. The molecule has 126 valence electrons. The SMILES string of the molecule is CN1CCC2(CCC1=O)CCN(c1nccnc1N(C)C)CC2. The first-order chi connectivity index (χ1) is 11.0. The Kier molecular flexibility index (Phi) is 4.41. The van der Waals surface area contributed by atoms with Crippen molar-refractivity contribution >= 4 is 17.5 Å². The van der Waals surface area contributed by atoms with Gasteiger partial charge < -0.3 is 14.7 Å². The molecule has 1 aromatic heterocycles. The fourth-order valence-corrected chi connectivity index (χ4v) is 3.77. The molecule has 2 fully saturated rings. The number of carbonyl (C=O) groups excluding carboxylic acids is 1. The molecular formula is C17H27N5O. The fourth-order valence-electron chi connectivity index (χ4n) is 3.77. The van der Waals surface area contributed by atoms with Crippen LogP contribution in [0, 0.1) is 5.41 Å². The van der Waals surface area contributed by atoms with Gasteiger partial charge in [0, 0.05) is 59.6 Å². The van der Waals surface area contributed by atoms with Crippen LogP contribution in [0.1, 0.15) is 32.1 Å². The predicted octanol–water partition coefficient (Wildman–Crippen LogP) is 1.77. The van der Waals surface area contributed by atoms with Crippen LogP contribution in [-0.4, -0.2) is 61.6 Å². The topological polar surface area (TPSA) is 52.6 Å². The number of anilines is 2. The molecular weight excluding hydrogens is 290 g/mol. The van der Waals surface area contributed by atoms with Crippen molar-refractivity contribution < 1.29 is 4.79 Å². The van der Waals surface area contributed by atoms with Crippen LogP contribution in [-0.2, 0) is 4.79 Å². The number of piperidine rings is 1. The summed E-state index contributed by atoms with van der Waals surface area (Å²) in [4.78, 5) is 27.2. The minimum atomic E-state index is 0.299. The summed E-state index contributed by atoms with van der Waals surface area (Å²) in [6.07, 6.45) is 8.65. The molecule has 0 bridgehead atoms. The van der Waals surface area contributed by atoms with E-state index >= 15 is 0 Å². The number of amides is 1. The lowest BCUT2D eigenvalue weighted by Gasteiger charge is -2.42. The number of nitrogens with zero attached hydrogens (tertiary/aromatic N) is 5. The van der Waals surface area contributed by atoms with E-state index in [1.165, 1.54) is 0 Å². The first-order valence-electron chi connectivity index (χ1n) is 8.48. The van der Waals surface area contributed by atoms with Gasteiger partial charge in [-0.2, -0.15) is 0 Å². The predicted molar refractivity (Wildman–Crippen MR) is 91.7 cm³/mol. The van der Waals surface area contributed by atoms with Crippen molar-refractivity contribution in [2.45, 2.75) is 32.1 Å². The molecule has 23 heavy (non-hydrogen) atoms. The average Bonchev–Trinajstić information content (AvgIpc) is 2.70. The van der Waals surface area contributed by atoms with Gasteiger partial charge in [0.1, 0.15) is 0 Å². The Bertz CT molecular complexity index is 566. The van der Waals surface area contributed by atoms with Crippen LogP contribution in [0.2, 0.25) is 0 Å². The number of carbonyl (C=O) groups is 1. The summed E-state index contributed by atoms with van der Waals surface area (Å²) in [6, 6.07) is 0. The lowest BCUT2D eigenvalue weighted by Crippen LogP contribution is -2.41. The number of likely N-dealkylation sites (tertiary alicyclic amines) is 1. The zero-order valence-corrected chi connectivity index (χ0v) is 14.5. The Hall–Kier alpha value is -1.85. The quantitative estimate of drug-likeness (QED) is 0.832. The van der Waals surface area contributed by atoms with Crippen molar-refractivity contribution in [3.8, 4) is 0 Å². The molecule has 6 nitrogen and oxygen atoms in total. The highest BCUT2D eigenvalue weighted by Gasteiger charge is 2.38. The monoisotopic (exact) mass is 317 g/mol. The zero-order chi connectivity index (χ0) is 16.4. The summed E-state index contributed by atoms with van der Waals surface area (Å²) in [5, 5.41) is 0. The summed E-state index contributed by atoms with van der Waals surface area (Å²) in [5.41, 5.74) is 0.331. The van der Waals surface area contributed by atoms with Gasteiger partial charge in [0.15, 0.2) is 11.6 Å². The Morgan fingerprint density at radius 2 is 1.70 bits per heavy atom. The smallest absolute Gasteiger partial charge is 0.222 e. The standard InChI is InChI=1S/C17H27N5O/c1-20(2)15-16(19-10-9-18-15)22-12-7-17(8-13-22)5-4-14(23)21(3)11-6-17/h9-10H,4-8,11-13H2,1-3H3. The average molecular weight is 317 g/mol. The van der Waals surface area contributed by atoms with E-state index in [1.54, 1.807) is 12.4 Å². The molecule has 1 aromatic rings. The van der Waals surface area contributed by atoms with Crippen LogP contribution in [0.15, 0.2) is 12.4 Å². The molecule has 0 aliphatic carbocycles. The molecule has 0 saturated carbocycles. The molecule has 0 atom stereocenters. The van der Waals surface area contributed by atoms with Crippen LogP contribution in [0.5, 0.6) is 0 Å². The zero-order valence-electron chi connectivity index (χ0n) is 14.5. The Morgan fingerprint density at radius 1 is 1.04 bits per heavy atom. The van der Waals surface area contributed by atoms with E-state index < -0.39 is 0 Å². The maximum Gasteiger partial charge on any atom is 0.222 e. The summed E-state index contributed by atoms with van der Waals surface area (Å²) in [6.45, 7) is 2.89. The first kappa shape index (κ1) is 16.0. The summed E-state index contributed by atoms with van der Waals surface area (Å²) in [5.74, 6) is 2.21. The molecule has 3 heterocycles. The van der Waals surface area contributed by atoms with Crippen LogP contribution in [0.4, 0.5) is 11.6 Å². The van der Waals surface area contributed by atoms with Gasteiger partial charge in [-0.3, -0.25) is 4.79 Å². The van der Waals surface area contributed by atoms with Gasteiger partial charge in [0.25, 0.3) is 0 Å². The lowest BCUT2D eigenvalue weighted by molar-refractivity contribution is -0.129. The van der Waals surface area contributed by atoms with Gasteiger partial charge in [-0.1, -0.05) is 0 Å². The van der Waals surface area contributed by atoms with Crippen molar-refractivity contribution in [3.63, 3.8) is 0 Å². The normalized spacial score (nSPS) is 21.4. The second-order valence-electron chi connectivity index (χ2n) is 7.15. The fraction of sp³-hybridized carbons (Fsp3) is 0.706. The number of aromatic nitrogens is 2. The molecule has 2 aliphatic rings. The van der Waals surface area contributed by atoms with Gasteiger partial charge >= 0.3 is 0 Å². The van der Waals surface area contributed by atoms with Crippen molar-refractivity contribution in [3.05, 3.63) is 12.4 Å². The summed E-state index contributed by atoms with van der Waals surface area (Å²) in [7, 11) is 5.94. The molecule has 3 rings (SSSR count). The van der Waals surface area contributed by atoms with Crippen LogP contribution >= 0.6 is 0 Å². The number of hydrogen-bond acceptors (Lipinski definition) is 5. The van der Waals surface area contributed by atoms with Gasteiger partial charge in [0.05, 0.1) is 0 Å².